The number of hydrogen-bond acceptors (Lipinski definition) is 3. The van der Waals surface area contributed by atoms with Gasteiger partial charge in [-0.3, -0.25) is 4.79 Å². The molecule has 21 heavy (non-hydrogen) atoms. The van der Waals surface area contributed by atoms with E-state index in [9.17, 15) is 4.79 Å². The molecule has 1 N–H and O–H groups in total. The molecule has 110 valence electrons. The van der Waals surface area contributed by atoms with E-state index in [2.05, 4.69) is 34.6 Å². The normalized spacial score (nSPS) is 14.6. The van der Waals surface area contributed by atoms with Gasteiger partial charge in [-0.15, -0.1) is 0 Å². The average Bonchev–Trinajstić information content (AvgIpc) is 3.21. The Hall–Kier alpha value is -2.14. The van der Waals surface area contributed by atoms with E-state index >= 15 is 0 Å². The molecule has 1 saturated heterocycles. The summed E-state index contributed by atoms with van der Waals surface area (Å²) in [6, 6.07) is 8.26. The molecule has 0 unspecified atom stereocenters. The minimum Gasteiger partial charge on any atom is -0.342 e. The first-order chi connectivity index (χ1) is 10.3. The number of rotatable bonds is 5. The molecule has 1 amide bonds. The van der Waals surface area contributed by atoms with Crippen LogP contribution in [-0.2, 0) is 11.3 Å². The number of likely N-dealkylation sites (tertiary alicyclic amines) is 1. The minimum atomic E-state index is 0.211. The molecule has 0 atom stereocenters. The van der Waals surface area contributed by atoms with Gasteiger partial charge in [-0.05, 0) is 30.5 Å². The smallest absolute Gasteiger partial charge is 0.236 e. The highest BCUT2D eigenvalue weighted by molar-refractivity contribution is 5.78. The molecule has 1 aliphatic heterocycles. The topological polar surface area (TPSA) is 50.2 Å². The SMILES string of the molecule is O=C(CNCc1ccc(-n2ccnc2)cc1)N1CCCC1. The Kier molecular flexibility index (Phi) is 4.31. The second kappa shape index (κ2) is 6.54. The van der Waals surface area contributed by atoms with Gasteiger partial charge in [0.1, 0.15) is 0 Å². The summed E-state index contributed by atoms with van der Waals surface area (Å²) in [5.41, 5.74) is 2.26. The van der Waals surface area contributed by atoms with Crippen LogP contribution in [0, 0.1) is 0 Å². The second-order valence-electron chi connectivity index (χ2n) is 5.33. The van der Waals surface area contributed by atoms with Gasteiger partial charge in [-0.25, -0.2) is 4.98 Å². The number of nitrogens with zero attached hydrogens (tertiary/aromatic N) is 3. The number of carbonyl (C=O) groups is 1. The first-order valence-corrected chi connectivity index (χ1v) is 7.39. The van der Waals surface area contributed by atoms with E-state index in [1.54, 1.807) is 12.5 Å². The molecule has 1 aromatic carbocycles. The fourth-order valence-electron chi connectivity index (χ4n) is 2.59. The van der Waals surface area contributed by atoms with Crippen molar-refractivity contribution in [2.75, 3.05) is 19.6 Å². The lowest BCUT2D eigenvalue weighted by Crippen LogP contribution is -2.35. The lowest BCUT2D eigenvalue weighted by atomic mass is 10.2. The summed E-state index contributed by atoms with van der Waals surface area (Å²) in [6.07, 6.45) is 7.74. The highest BCUT2D eigenvalue weighted by Gasteiger charge is 2.16. The van der Waals surface area contributed by atoms with Crippen molar-refractivity contribution in [3.8, 4) is 5.69 Å². The highest BCUT2D eigenvalue weighted by atomic mass is 16.2. The number of benzene rings is 1. The van der Waals surface area contributed by atoms with E-state index in [0.717, 1.165) is 31.6 Å². The molecule has 5 nitrogen and oxygen atoms in total. The zero-order valence-corrected chi connectivity index (χ0v) is 12.0. The van der Waals surface area contributed by atoms with Crippen LogP contribution in [0.5, 0.6) is 0 Å². The Bertz CT molecular complexity index is 571. The van der Waals surface area contributed by atoms with E-state index < -0.39 is 0 Å². The zero-order valence-electron chi connectivity index (χ0n) is 12.0. The lowest BCUT2D eigenvalue weighted by Gasteiger charge is -2.15. The van der Waals surface area contributed by atoms with Crippen LogP contribution < -0.4 is 5.32 Å². The summed E-state index contributed by atoms with van der Waals surface area (Å²) in [5.74, 6) is 0.211. The molecule has 0 saturated carbocycles. The Morgan fingerprint density at radius 3 is 2.62 bits per heavy atom. The summed E-state index contributed by atoms with van der Waals surface area (Å²) in [6.45, 7) is 2.97. The van der Waals surface area contributed by atoms with E-state index in [1.807, 2.05) is 15.7 Å². The number of amides is 1. The average molecular weight is 284 g/mol. The van der Waals surface area contributed by atoms with Crippen molar-refractivity contribution in [3.63, 3.8) is 0 Å². The highest BCUT2D eigenvalue weighted by Crippen LogP contribution is 2.09. The van der Waals surface area contributed by atoms with Gasteiger partial charge < -0.3 is 14.8 Å². The first-order valence-electron chi connectivity index (χ1n) is 7.39. The molecule has 3 rings (SSSR count). The molecule has 0 radical (unpaired) electrons. The first kappa shape index (κ1) is 13.8. The summed E-state index contributed by atoms with van der Waals surface area (Å²) < 4.78 is 1.97. The predicted molar refractivity (Wildman–Crippen MR) is 81.1 cm³/mol. The standard InChI is InChI=1S/C16H20N4O/c21-16(19-8-1-2-9-19)12-18-11-14-3-5-15(6-4-14)20-10-7-17-13-20/h3-7,10,13,18H,1-2,8-9,11-12H2. The van der Waals surface area contributed by atoms with Crippen molar-refractivity contribution in [1.82, 2.24) is 19.8 Å². The monoisotopic (exact) mass is 284 g/mol. The fraction of sp³-hybridized carbons (Fsp3) is 0.375. The van der Waals surface area contributed by atoms with Crippen LogP contribution in [0.4, 0.5) is 0 Å². The summed E-state index contributed by atoms with van der Waals surface area (Å²) in [5, 5.41) is 3.22. The van der Waals surface area contributed by atoms with Gasteiger partial charge >= 0.3 is 0 Å². The molecular formula is C16H20N4O. The summed E-state index contributed by atoms with van der Waals surface area (Å²) >= 11 is 0. The Morgan fingerprint density at radius 2 is 1.95 bits per heavy atom. The molecule has 1 fully saturated rings. The zero-order chi connectivity index (χ0) is 14.5. The Labute approximate surface area is 124 Å². The number of imidazole rings is 1. The largest absolute Gasteiger partial charge is 0.342 e. The van der Waals surface area contributed by atoms with Gasteiger partial charge in [0.05, 0.1) is 12.9 Å². The third kappa shape index (κ3) is 3.49. The van der Waals surface area contributed by atoms with Crippen LogP contribution in [0.3, 0.4) is 0 Å². The third-order valence-electron chi connectivity index (χ3n) is 3.80. The molecular weight excluding hydrogens is 264 g/mol. The van der Waals surface area contributed by atoms with Gasteiger partial charge in [-0.1, -0.05) is 12.1 Å². The van der Waals surface area contributed by atoms with Gasteiger partial charge in [0, 0.05) is 37.7 Å². The lowest BCUT2D eigenvalue weighted by molar-refractivity contribution is -0.129. The van der Waals surface area contributed by atoms with Crippen molar-refractivity contribution >= 4 is 5.91 Å². The van der Waals surface area contributed by atoms with E-state index in [4.69, 9.17) is 0 Å². The van der Waals surface area contributed by atoms with E-state index in [0.29, 0.717) is 13.1 Å². The number of nitrogens with one attached hydrogen (secondary N) is 1. The maximum Gasteiger partial charge on any atom is 0.236 e. The van der Waals surface area contributed by atoms with E-state index in [1.165, 1.54) is 5.56 Å². The van der Waals surface area contributed by atoms with Crippen LogP contribution in [0.1, 0.15) is 18.4 Å². The molecule has 2 heterocycles. The predicted octanol–water partition coefficient (Wildman–Crippen LogP) is 1.58. The van der Waals surface area contributed by atoms with Crippen molar-refractivity contribution < 1.29 is 4.79 Å². The molecule has 1 aromatic heterocycles. The Balaban J connectivity index is 1.48. The maximum absolute atomic E-state index is 11.9. The molecule has 5 heteroatoms. The van der Waals surface area contributed by atoms with Crippen molar-refractivity contribution in [2.45, 2.75) is 19.4 Å². The Morgan fingerprint density at radius 1 is 1.19 bits per heavy atom. The van der Waals surface area contributed by atoms with Gasteiger partial charge in [-0.2, -0.15) is 0 Å². The van der Waals surface area contributed by atoms with Gasteiger partial charge in [0.25, 0.3) is 0 Å². The van der Waals surface area contributed by atoms with Crippen LogP contribution in [-0.4, -0.2) is 40.0 Å². The minimum absolute atomic E-state index is 0.211. The molecule has 1 aliphatic rings. The molecule has 2 aromatic rings. The van der Waals surface area contributed by atoms with Crippen LogP contribution >= 0.6 is 0 Å². The van der Waals surface area contributed by atoms with Crippen molar-refractivity contribution in [2.24, 2.45) is 0 Å². The third-order valence-corrected chi connectivity index (χ3v) is 3.80. The quantitative estimate of drug-likeness (QED) is 0.907. The van der Waals surface area contributed by atoms with Gasteiger partial charge in [0.2, 0.25) is 5.91 Å². The van der Waals surface area contributed by atoms with Crippen molar-refractivity contribution in [3.05, 3.63) is 48.5 Å². The fourth-order valence-corrected chi connectivity index (χ4v) is 2.59. The maximum atomic E-state index is 11.9. The number of carbonyl (C=O) groups excluding carboxylic acids is 1. The number of hydrogen-bond donors (Lipinski definition) is 1. The molecule has 0 bridgehead atoms. The number of aromatic nitrogens is 2. The van der Waals surface area contributed by atoms with Crippen LogP contribution in [0.15, 0.2) is 43.0 Å². The van der Waals surface area contributed by atoms with Crippen LogP contribution in [0.25, 0.3) is 5.69 Å². The molecule has 0 spiro atoms. The van der Waals surface area contributed by atoms with E-state index in [-0.39, 0.29) is 5.91 Å². The van der Waals surface area contributed by atoms with Gasteiger partial charge in [0.15, 0.2) is 0 Å². The van der Waals surface area contributed by atoms with Crippen LogP contribution in [0.2, 0.25) is 0 Å². The van der Waals surface area contributed by atoms with Crippen molar-refractivity contribution in [1.29, 1.82) is 0 Å². The summed E-state index contributed by atoms with van der Waals surface area (Å²) in [4.78, 5) is 17.9. The second-order valence-corrected chi connectivity index (χ2v) is 5.33. The summed E-state index contributed by atoms with van der Waals surface area (Å²) in [7, 11) is 0. The molecule has 0 aliphatic carbocycles.